The molecule has 1 aromatic carbocycles. The molecular formula is C21H21N3O4. The SMILES string of the molecule is O=C(O)c1cccc([C@@H]2CCCN(Cc3cc(=O)n4cccc(O)c4n3)C2)c1. The Bertz CT molecular complexity index is 1090. The molecule has 0 saturated carbocycles. The Morgan fingerprint density at radius 3 is 2.89 bits per heavy atom. The molecule has 0 amide bonds. The van der Waals surface area contributed by atoms with Crippen molar-refractivity contribution in [1.29, 1.82) is 0 Å². The summed E-state index contributed by atoms with van der Waals surface area (Å²) in [6.07, 6.45) is 3.56. The molecule has 1 aliphatic rings. The number of piperidine rings is 1. The summed E-state index contributed by atoms with van der Waals surface area (Å²) >= 11 is 0. The van der Waals surface area contributed by atoms with Gasteiger partial charge < -0.3 is 10.2 Å². The van der Waals surface area contributed by atoms with Gasteiger partial charge in [-0.2, -0.15) is 0 Å². The number of aromatic hydroxyl groups is 1. The van der Waals surface area contributed by atoms with Gasteiger partial charge >= 0.3 is 5.97 Å². The van der Waals surface area contributed by atoms with Crippen molar-refractivity contribution in [3.63, 3.8) is 0 Å². The van der Waals surface area contributed by atoms with E-state index >= 15 is 0 Å². The minimum absolute atomic E-state index is 0.0246. The maximum Gasteiger partial charge on any atom is 0.335 e. The number of carbonyl (C=O) groups is 1. The zero-order chi connectivity index (χ0) is 19.7. The van der Waals surface area contributed by atoms with Crippen LogP contribution in [0.5, 0.6) is 5.75 Å². The van der Waals surface area contributed by atoms with Crippen LogP contribution in [-0.4, -0.2) is 43.6 Å². The number of hydrogen-bond donors (Lipinski definition) is 2. The maximum atomic E-state index is 12.3. The van der Waals surface area contributed by atoms with Crippen LogP contribution in [0, 0.1) is 0 Å². The number of pyridine rings is 1. The van der Waals surface area contributed by atoms with E-state index in [0.717, 1.165) is 31.5 Å². The van der Waals surface area contributed by atoms with Crippen molar-refractivity contribution < 1.29 is 15.0 Å². The topological polar surface area (TPSA) is 95.1 Å². The lowest BCUT2D eigenvalue weighted by molar-refractivity contribution is 0.0696. The predicted octanol–water partition coefficient (Wildman–Crippen LogP) is 2.48. The Balaban J connectivity index is 1.55. The maximum absolute atomic E-state index is 12.3. The number of likely N-dealkylation sites (tertiary alicyclic amines) is 1. The molecule has 0 spiro atoms. The highest BCUT2D eigenvalue weighted by molar-refractivity contribution is 5.87. The van der Waals surface area contributed by atoms with Crippen molar-refractivity contribution in [2.45, 2.75) is 25.3 Å². The van der Waals surface area contributed by atoms with Crippen molar-refractivity contribution in [1.82, 2.24) is 14.3 Å². The zero-order valence-electron chi connectivity index (χ0n) is 15.3. The highest BCUT2D eigenvalue weighted by atomic mass is 16.4. The molecule has 1 aliphatic heterocycles. The molecule has 1 fully saturated rings. The number of carboxylic acid groups (broad SMARTS) is 1. The minimum Gasteiger partial charge on any atom is -0.504 e. The van der Waals surface area contributed by atoms with Crippen LogP contribution in [0.4, 0.5) is 0 Å². The molecule has 4 rings (SSSR count). The standard InChI is InChI=1S/C21H21N3O4/c25-18-7-3-9-24-19(26)11-17(22-20(18)24)13-23-8-2-6-16(12-23)14-4-1-5-15(10-14)21(27)28/h1,3-5,7,9-11,16,25H,2,6,8,12-13H2,(H,27,28)/t16-/m1/s1. The van der Waals surface area contributed by atoms with E-state index in [1.165, 1.54) is 16.5 Å². The van der Waals surface area contributed by atoms with E-state index in [9.17, 15) is 19.8 Å². The summed E-state index contributed by atoms with van der Waals surface area (Å²) in [6.45, 7) is 2.16. The molecule has 3 heterocycles. The second-order valence-corrected chi connectivity index (χ2v) is 7.18. The van der Waals surface area contributed by atoms with E-state index in [1.54, 1.807) is 30.5 Å². The first kappa shape index (κ1) is 18.2. The van der Waals surface area contributed by atoms with Gasteiger partial charge in [0.05, 0.1) is 11.3 Å². The average Bonchev–Trinajstić information content (AvgIpc) is 2.69. The molecule has 2 aromatic heterocycles. The first-order valence-electron chi connectivity index (χ1n) is 9.27. The first-order valence-corrected chi connectivity index (χ1v) is 9.27. The average molecular weight is 379 g/mol. The van der Waals surface area contributed by atoms with Crippen LogP contribution in [0.15, 0.2) is 53.5 Å². The molecule has 0 radical (unpaired) electrons. The number of carboxylic acids is 1. The smallest absolute Gasteiger partial charge is 0.335 e. The van der Waals surface area contributed by atoms with Crippen LogP contribution < -0.4 is 5.56 Å². The second kappa shape index (κ2) is 7.44. The van der Waals surface area contributed by atoms with Crippen molar-refractivity contribution >= 4 is 11.6 Å². The highest BCUT2D eigenvalue weighted by Gasteiger charge is 2.23. The van der Waals surface area contributed by atoms with Crippen LogP contribution in [0.1, 0.15) is 40.4 Å². The fraction of sp³-hybridized carbons (Fsp3) is 0.286. The van der Waals surface area contributed by atoms with Gasteiger partial charge in [-0.3, -0.25) is 14.1 Å². The Kier molecular flexibility index (Phi) is 4.83. The summed E-state index contributed by atoms with van der Waals surface area (Å²) < 4.78 is 1.33. The summed E-state index contributed by atoms with van der Waals surface area (Å²) in [5.41, 5.74) is 1.97. The summed E-state index contributed by atoms with van der Waals surface area (Å²) in [7, 11) is 0. The van der Waals surface area contributed by atoms with Gasteiger partial charge in [0.15, 0.2) is 11.4 Å². The molecule has 3 aromatic rings. The number of fused-ring (bicyclic) bond motifs is 1. The Labute approximate surface area is 161 Å². The molecule has 0 unspecified atom stereocenters. The van der Waals surface area contributed by atoms with Gasteiger partial charge in [0, 0.05) is 25.4 Å². The zero-order valence-corrected chi connectivity index (χ0v) is 15.3. The van der Waals surface area contributed by atoms with Crippen LogP contribution in [0.2, 0.25) is 0 Å². The van der Waals surface area contributed by atoms with E-state index in [2.05, 4.69) is 9.88 Å². The molecule has 144 valence electrons. The molecular weight excluding hydrogens is 358 g/mol. The Morgan fingerprint density at radius 1 is 1.21 bits per heavy atom. The van der Waals surface area contributed by atoms with Crippen LogP contribution in [0.25, 0.3) is 5.65 Å². The Morgan fingerprint density at radius 2 is 2.07 bits per heavy atom. The third-order valence-corrected chi connectivity index (χ3v) is 5.22. The monoisotopic (exact) mass is 379 g/mol. The lowest BCUT2D eigenvalue weighted by Crippen LogP contribution is -2.34. The van der Waals surface area contributed by atoms with E-state index < -0.39 is 5.97 Å². The third-order valence-electron chi connectivity index (χ3n) is 5.22. The first-order chi connectivity index (χ1) is 13.5. The van der Waals surface area contributed by atoms with Gasteiger partial charge in [-0.15, -0.1) is 0 Å². The lowest BCUT2D eigenvalue weighted by Gasteiger charge is -2.32. The fourth-order valence-electron chi connectivity index (χ4n) is 3.87. The molecule has 7 nitrogen and oxygen atoms in total. The van der Waals surface area contributed by atoms with Gasteiger partial charge in [-0.05, 0) is 55.1 Å². The fourth-order valence-corrected chi connectivity index (χ4v) is 3.87. The van der Waals surface area contributed by atoms with Crippen LogP contribution >= 0.6 is 0 Å². The van der Waals surface area contributed by atoms with Gasteiger partial charge in [-0.1, -0.05) is 12.1 Å². The predicted molar refractivity (Wildman–Crippen MR) is 104 cm³/mol. The van der Waals surface area contributed by atoms with Gasteiger partial charge in [0.1, 0.15) is 0 Å². The number of rotatable bonds is 4. The van der Waals surface area contributed by atoms with Crippen molar-refractivity contribution in [2.75, 3.05) is 13.1 Å². The molecule has 0 bridgehead atoms. The van der Waals surface area contributed by atoms with Crippen molar-refractivity contribution in [2.24, 2.45) is 0 Å². The largest absolute Gasteiger partial charge is 0.504 e. The highest BCUT2D eigenvalue weighted by Crippen LogP contribution is 2.28. The molecule has 1 saturated heterocycles. The van der Waals surface area contributed by atoms with Gasteiger partial charge in [-0.25, -0.2) is 9.78 Å². The van der Waals surface area contributed by atoms with E-state index in [-0.39, 0.29) is 22.9 Å². The van der Waals surface area contributed by atoms with E-state index in [0.29, 0.717) is 17.8 Å². The molecule has 0 aliphatic carbocycles. The summed E-state index contributed by atoms with van der Waals surface area (Å²) in [5.74, 6) is -0.707. The second-order valence-electron chi connectivity index (χ2n) is 7.18. The molecule has 7 heteroatoms. The van der Waals surface area contributed by atoms with Gasteiger partial charge in [0.25, 0.3) is 5.56 Å². The molecule has 28 heavy (non-hydrogen) atoms. The van der Waals surface area contributed by atoms with Crippen molar-refractivity contribution in [3.8, 4) is 5.75 Å². The van der Waals surface area contributed by atoms with Crippen LogP contribution in [-0.2, 0) is 6.54 Å². The summed E-state index contributed by atoms with van der Waals surface area (Å²) in [6, 6.07) is 11.7. The number of nitrogens with zero attached hydrogens (tertiary/aromatic N) is 3. The Hall–Kier alpha value is -3.19. The van der Waals surface area contributed by atoms with Crippen LogP contribution in [0.3, 0.4) is 0 Å². The quantitative estimate of drug-likeness (QED) is 0.723. The number of benzene rings is 1. The van der Waals surface area contributed by atoms with E-state index in [4.69, 9.17) is 0 Å². The number of aromatic nitrogens is 2. The molecule has 2 N–H and O–H groups in total. The minimum atomic E-state index is -0.921. The molecule has 1 atom stereocenters. The third kappa shape index (κ3) is 3.61. The summed E-state index contributed by atoms with van der Waals surface area (Å²) in [4.78, 5) is 30.2. The van der Waals surface area contributed by atoms with Crippen molar-refractivity contribution in [3.05, 3.63) is 75.8 Å². The van der Waals surface area contributed by atoms with Gasteiger partial charge in [0.2, 0.25) is 0 Å². The number of hydrogen-bond acceptors (Lipinski definition) is 5. The van der Waals surface area contributed by atoms with E-state index in [1.807, 2.05) is 6.07 Å². The summed E-state index contributed by atoms with van der Waals surface area (Å²) in [5, 5.41) is 19.2. The normalized spacial score (nSPS) is 17.6. The number of aromatic carboxylic acids is 1. The lowest BCUT2D eigenvalue weighted by atomic mass is 9.89.